The smallest absolute Gasteiger partial charge is 0.259 e. The third-order valence-corrected chi connectivity index (χ3v) is 7.04. The molecule has 2 fully saturated rings. The Morgan fingerprint density at radius 2 is 1.46 bits per heavy atom. The summed E-state index contributed by atoms with van der Waals surface area (Å²) in [6.45, 7) is 3.69. The van der Waals surface area contributed by atoms with E-state index >= 15 is 0 Å². The molecule has 3 heterocycles. The van der Waals surface area contributed by atoms with Gasteiger partial charge in [-0.3, -0.25) is 4.79 Å². The van der Waals surface area contributed by atoms with Crippen molar-refractivity contribution in [3.63, 3.8) is 0 Å². The number of anilines is 5. The molecule has 0 aliphatic carbocycles. The van der Waals surface area contributed by atoms with E-state index in [0.29, 0.717) is 40.7 Å². The van der Waals surface area contributed by atoms with Gasteiger partial charge in [-0.25, -0.2) is 0 Å². The van der Waals surface area contributed by atoms with Gasteiger partial charge in [0.2, 0.25) is 17.8 Å². The summed E-state index contributed by atoms with van der Waals surface area (Å²) in [4.78, 5) is 31.6. The van der Waals surface area contributed by atoms with Gasteiger partial charge in [-0.1, -0.05) is 0 Å². The molecule has 0 bridgehead atoms. The first-order chi connectivity index (χ1) is 19.0. The second-order valence-electron chi connectivity index (χ2n) is 9.73. The van der Waals surface area contributed by atoms with Crippen molar-refractivity contribution < 1.29 is 19.4 Å². The maximum absolute atomic E-state index is 13.0. The molecular formula is C28H35N7O4. The fourth-order valence-corrected chi connectivity index (χ4v) is 4.91. The van der Waals surface area contributed by atoms with Gasteiger partial charge in [0, 0.05) is 44.0 Å². The Labute approximate surface area is 228 Å². The van der Waals surface area contributed by atoms with Crippen molar-refractivity contribution in [2.24, 2.45) is 0 Å². The van der Waals surface area contributed by atoms with Crippen LogP contribution in [0.4, 0.5) is 29.2 Å². The SMILES string of the molecule is COc1ccc(OC)c(NC(=O)c2ccc(Nc3nc(N4CCCCC4)nc(N4CCCCC4)n3)cc2O)c1. The fraction of sp³-hybridized carbons (Fsp3) is 0.429. The Morgan fingerprint density at radius 1 is 0.821 bits per heavy atom. The highest BCUT2D eigenvalue weighted by atomic mass is 16.5. The Morgan fingerprint density at radius 3 is 2.03 bits per heavy atom. The standard InChI is InChI=1S/C28H35N7O4/c1-38-20-10-12-24(39-2)22(18-20)30-25(37)21-11-9-19(17-23(21)36)29-26-31-27(34-13-5-3-6-14-34)33-28(32-26)35-15-7-4-8-16-35/h9-12,17-18,36H,3-8,13-16H2,1-2H3,(H,30,37)(H,29,31,32,33). The number of rotatable bonds is 8. The van der Waals surface area contributed by atoms with Gasteiger partial charge in [-0.05, 0) is 62.8 Å². The number of carbonyl (C=O) groups is 1. The number of amides is 1. The van der Waals surface area contributed by atoms with Gasteiger partial charge in [0.25, 0.3) is 5.91 Å². The zero-order valence-corrected chi connectivity index (χ0v) is 22.4. The van der Waals surface area contributed by atoms with Crippen LogP contribution in [0.1, 0.15) is 48.9 Å². The van der Waals surface area contributed by atoms with Gasteiger partial charge in [0.05, 0.1) is 25.5 Å². The van der Waals surface area contributed by atoms with Crippen molar-refractivity contribution in [2.45, 2.75) is 38.5 Å². The Hall–Kier alpha value is -4.28. The van der Waals surface area contributed by atoms with E-state index in [1.54, 1.807) is 37.4 Å². The van der Waals surface area contributed by atoms with Gasteiger partial charge in [0.1, 0.15) is 17.2 Å². The quantitative estimate of drug-likeness (QED) is 0.379. The summed E-state index contributed by atoms with van der Waals surface area (Å²) in [5.74, 6) is 2.13. The molecule has 3 N–H and O–H groups in total. The van der Waals surface area contributed by atoms with Crippen LogP contribution in [0.2, 0.25) is 0 Å². The number of phenolic OH excluding ortho intramolecular Hbond substituents is 1. The summed E-state index contributed by atoms with van der Waals surface area (Å²) in [6, 6.07) is 9.85. The molecule has 2 saturated heterocycles. The number of nitrogens with one attached hydrogen (secondary N) is 2. The normalized spacial score (nSPS) is 15.5. The monoisotopic (exact) mass is 533 g/mol. The lowest BCUT2D eigenvalue weighted by Crippen LogP contribution is -2.34. The van der Waals surface area contributed by atoms with E-state index in [4.69, 9.17) is 24.4 Å². The maximum atomic E-state index is 13.0. The number of methoxy groups -OCH3 is 2. The minimum absolute atomic E-state index is 0.115. The van der Waals surface area contributed by atoms with E-state index in [0.717, 1.165) is 51.9 Å². The molecule has 11 nitrogen and oxygen atoms in total. The molecule has 0 radical (unpaired) electrons. The summed E-state index contributed by atoms with van der Waals surface area (Å²) < 4.78 is 10.6. The Bertz CT molecular complexity index is 1270. The van der Waals surface area contributed by atoms with Crippen LogP contribution in [0.25, 0.3) is 0 Å². The minimum Gasteiger partial charge on any atom is -0.507 e. The third kappa shape index (κ3) is 6.24. The summed E-state index contributed by atoms with van der Waals surface area (Å²) >= 11 is 0. The molecule has 3 aromatic rings. The van der Waals surface area contributed by atoms with Gasteiger partial charge in [-0.15, -0.1) is 0 Å². The maximum Gasteiger partial charge on any atom is 0.259 e. The summed E-state index contributed by atoms with van der Waals surface area (Å²) in [7, 11) is 3.06. The second-order valence-corrected chi connectivity index (χ2v) is 9.73. The topological polar surface area (TPSA) is 125 Å². The number of hydrogen-bond acceptors (Lipinski definition) is 10. The molecule has 0 spiro atoms. The van der Waals surface area contributed by atoms with Crippen LogP contribution in [0.5, 0.6) is 17.2 Å². The van der Waals surface area contributed by atoms with Crippen molar-refractivity contribution in [1.82, 2.24) is 15.0 Å². The number of ether oxygens (including phenoxy) is 2. The largest absolute Gasteiger partial charge is 0.507 e. The molecule has 5 rings (SSSR count). The minimum atomic E-state index is -0.481. The second kappa shape index (κ2) is 12.1. The van der Waals surface area contributed by atoms with Crippen LogP contribution in [-0.2, 0) is 0 Å². The first-order valence-electron chi connectivity index (χ1n) is 13.4. The molecule has 0 saturated carbocycles. The van der Waals surface area contributed by atoms with Crippen LogP contribution in [0, 0.1) is 0 Å². The molecule has 1 aromatic heterocycles. The highest BCUT2D eigenvalue weighted by molar-refractivity contribution is 6.07. The highest BCUT2D eigenvalue weighted by Gasteiger charge is 2.21. The molecule has 0 atom stereocenters. The number of benzene rings is 2. The van der Waals surface area contributed by atoms with Crippen LogP contribution < -0.4 is 29.9 Å². The van der Waals surface area contributed by atoms with E-state index in [2.05, 4.69) is 20.4 Å². The molecule has 11 heteroatoms. The van der Waals surface area contributed by atoms with Crippen molar-refractivity contribution in [1.29, 1.82) is 0 Å². The van der Waals surface area contributed by atoms with Crippen molar-refractivity contribution >= 4 is 35.1 Å². The number of aromatic hydroxyl groups is 1. The molecule has 206 valence electrons. The fourth-order valence-electron chi connectivity index (χ4n) is 4.91. The van der Waals surface area contributed by atoms with Crippen LogP contribution in [0.3, 0.4) is 0 Å². The third-order valence-electron chi connectivity index (χ3n) is 7.04. The molecule has 1 amide bonds. The van der Waals surface area contributed by atoms with Gasteiger partial charge in [-0.2, -0.15) is 15.0 Å². The average Bonchev–Trinajstić information content (AvgIpc) is 2.98. The van der Waals surface area contributed by atoms with E-state index in [9.17, 15) is 9.90 Å². The first-order valence-corrected chi connectivity index (χ1v) is 13.4. The van der Waals surface area contributed by atoms with Gasteiger partial charge >= 0.3 is 0 Å². The lowest BCUT2D eigenvalue weighted by Gasteiger charge is -2.30. The van der Waals surface area contributed by atoms with E-state index < -0.39 is 5.91 Å². The van der Waals surface area contributed by atoms with Crippen molar-refractivity contribution in [3.8, 4) is 17.2 Å². The predicted octanol–water partition coefficient (Wildman–Crippen LogP) is 4.57. The summed E-state index contributed by atoms with van der Waals surface area (Å²) in [5, 5.41) is 16.7. The van der Waals surface area contributed by atoms with Crippen LogP contribution in [-0.4, -0.2) is 66.4 Å². The Balaban J connectivity index is 1.36. The molecule has 2 aromatic carbocycles. The average molecular weight is 534 g/mol. The molecule has 39 heavy (non-hydrogen) atoms. The molecule has 0 unspecified atom stereocenters. The predicted molar refractivity (Wildman–Crippen MR) is 151 cm³/mol. The molecule has 2 aliphatic heterocycles. The van der Waals surface area contributed by atoms with Crippen LogP contribution >= 0.6 is 0 Å². The summed E-state index contributed by atoms with van der Waals surface area (Å²) in [5.41, 5.74) is 1.11. The lowest BCUT2D eigenvalue weighted by molar-refractivity contribution is 0.102. The Kier molecular flexibility index (Phi) is 8.14. The van der Waals surface area contributed by atoms with Crippen LogP contribution in [0.15, 0.2) is 36.4 Å². The number of carbonyl (C=O) groups excluding carboxylic acids is 1. The van der Waals surface area contributed by atoms with E-state index in [1.165, 1.54) is 26.0 Å². The molecule has 2 aliphatic rings. The lowest BCUT2D eigenvalue weighted by atomic mass is 10.1. The van der Waals surface area contributed by atoms with Gasteiger partial charge < -0.3 is 35.0 Å². The first kappa shape index (κ1) is 26.3. The highest BCUT2D eigenvalue weighted by Crippen LogP contribution is 2.31. The number of hydrogen-bond donors (Lipinski definition) is 3. The number of phenols is 1. The number of nitrogens with zero attached hydrogens (tertiary/aromatic N) is 5. The summed E-state index contributed by atoms with van der Waals surface area (Å²) in [6.07, 6.45) is 6.91. The van der Waals surface area contributed by atoms with Gasteiger partial charge in [0.15, 0.2) is 0 Å². The van der Waals surface area contributed by atoms with Crippen molar-refractivity contribution in [2.75, 3.05) is 60.8 Å². The van der Waals surface area contributed by atoms with E-state index in [-0.39, 0.29) is 11.3 Å². The van der Waals surface area contributed by atoms with E-state index in [1.807, 2.05) is 0 Å². The number of aromatic nitrogens is 3. The zero-order chi connectivity index (χ0) is 27.2. The number of piperidine rings is 2. The van der Waals surface area contributed by atoms with Crippen molar-refractivity contribution in [3.05, 3.63) is 42.0 Å². The molecular weight excluding hydrogens is 498 g/mol. The zero-order valence-electron chi connectivity index (χ0n) is 22.4.